The zero-order valence-corrected chi connectivity index (χ0v) is 11.6. The first-order valence-corrected chi connectivity index (χ1v) is 6.69. The number of ether oxygens (including phenoxy) is 1. The van der Waals surface area contributed by atoms with Gasteiger partial charge < -0.3 is 15.0 Å². The van der Waals surface area contributed by atoms with Crippen LogP contribution in [-0.2, 0) is 0 Å². The fraction of sp³-hybridized carbons (Fsp3) is 0.125. The smallest absolute Gasteiger partial charge is 0.230 e. The molecule has 2 aromatic heterocycles. The monoisotopic (exact) mass is 281 g/mol. The van der Waals surface area contributed by atoms with Crippen molar-refractivity contribution in [3.05, 3.63) is 48.8 Å². The highest BCUT2D eigenvalue weighted by Gasteiger charge is 2.19. The van der Waals surface area contributed by atoms with E-state index in [-0.39, 0.29) is 5.88 Å². The summed E-state index contributed by atoms with van der Waals surface area (Å²) in [6.07, 6.45) is 3.42. The molecular weight excluding hydrogens is 266 g/mol. The molecule has 0 unspecified atom stereocenters. The number of nitrogens with zero attached hydrogens (tertiary/aromatic N) is 2. The highest BCUT2D eigenvalue weighted by Crippen LogP contribution is 2.39. The normalized spacial score (nSPS) is 10.5. The zero-order chi connectivity index (χ0) is 14.7. The second-order valence-corrected chi connectivity index (χ2v) is 4.44. The van der Waals surface area contributed by atoms with Crippen molar-refractivity contribution in [1.29, 1.82) is 0 Å². The molecule has 0 aliphatic rings. The summed E-state index contributed by atoms with van der Waals surface area (Å²) in [5.41, 5.74) is 9.13. The SMILES string of the molecule is CCOc1ccccc1-c1noc(N)c1-c1ccncc1. The molecule has 0 bridgehead atoms. The van der Waals surface area contributed by atoms with E-state index in [9.17, 15) is 0 Å². The van der Waals surface area contributed by atoms with Crippen LogP contribution in [-0.4, -0.2) is 16.7 Å². The van der Waals surface area contributed by atoms with Crippen molar-refractivity contribution in [3.8, 4) is 28.1 Å². The van der Waals surface area contributed by atoms with Crippen molar-refractivity contribution in [3.63, 3.8) is 0 Å². The Morgan fingerprint density at radius 3 is 2.67 bits per heavy atom. The zero-order valence-electron chi connectivity index (χ0n) is 11.6. The molecule has 2 heterocycles. The van der Waals surface area contributed by atoms with Gasteiger partial charge in [0.05, 0.1) is 12.2 Å². The molecule has 0 amide bonds. The highest BCUT2D eigenvalue weighted by atomic mass is 16.5. The molecule has 0 aliphatic heterocycles. The minimum absolute atomic E-state index is 0.280. The summed E-state index contributed by atoms with van der Waals surface area (Å²) in [6.45, 7) is 2.52. The Morgan fingerprint density at radius 1 is 1.14 bits per heavy atom. The van der Waals surface area contributed by atoms with E-state index in [4.69, 9.17) is 15.0 Å². The van der Waals surface area contributed by atoms with E-state index >= 15 is 0 Å². The first-order chi connectivity index (χ1) is 10.3. The average Bonchev–Trinajstić information content (AvgIpc) is 2.91. The number of rotatable bonds is 4. The lowest BCUT2D eigenvalue weighted by Crippen LogP contribution is -1.95. The maximum absolute atomic E-state index is 5.94. The number of hydrogen-bond acceptors (Lipinski definition) is 5. The Kier molecular flexibility index (Phi) is 3.55. The summed E-state index contributed by atoms with van der Waals surface area (Å²) in [7, 11) is 0. The van der Waals surface area contributed by atoms with E-state index in [0.717, 1.165) is 22.4 Å². The highest BCUT2D eigenvalue weighted by molar-refractivity contribution is 5.88. The van der Waals surface area contributed by atoms with E-state index in [1.807, 2.05) is 43.3 Å². The van der Waals surface area contributed by atoms with Crippen LogP contribution in [0, 0.1) is 0 Å². The Hall–Kier alpha value is -2.82. The fourth-order valence-corrected chi connectivity index (χ4v) is 2.23. The molecule has 0 aliphatic carbocycles. The summed E-state index contributed by atoms with van der Waals surface area (Å²) < 4.78 is 10.8. The summed E-state index contributed by atoms with van der Waals surface area (Å²) in [5.74, 6) is 1.03. The van der Waals surface area contributed by atoms with Gasteiger partial charge in [-0.2, -0.15) is 0 Å². The van der Waals surface area contributed by atoms with Gasteiger partial charge in [-0.25, -0.2) is 0 Å². The van der Waals surface area contributed by atoms with Crippen molar-refractivity contribution in [1.82, 2.24) is 10.1 Å². The molecule has 0 fully saturated rings. The van der Waals surface area contributed by atoms with E-state index in [1.54, 1.807) is 12.4 Å². The summed E-state index contributed by atoms with van der Waals surface area (Å²) in [5, 5.41) is 4.10. The number of pyridine rings is 1. The molecule has 3 aromatic rings. The van der Waals surface area contributed by atoms with Crippen LogP contribution < -0.4 is 10.5 Å². The average molecular weight is 281 g/mol. The van der Waals surface area contributed by atoms with Crippen molar-refractivity contribution >= 4 is 5.88 Å². The Labute approximate surface area is 122 Å². The van der Waals surface area contributed by atoms with E-state index < -0.39 is 0 Å². The molecular formula is C16H15N3O2. The van der Waals surface area contributed by atoms with Crippen molar-refractivity contribution < 1.29 is 9.26 Å². The van der Waals surface area contributed by atoms with E-state index in [0.29, 0.717) is 12.3 Å². The molecule has 0 radical (unpaired) electrons. The van der Waals surface area contributed by atoms with Gasteiger partial charge in [-0.3, -0.25) is 4.98 Å². The maximum atomic E-state index is 5.94. The predicted octanol–water partition coefficient (Wildman–Crippen LogP) is 3.38. The quantitative estimate of drug-likeness (QED) is 0.793. The molecule has 1 aromatic carbocycles. The van der Waals surface area contributed by atoms with Gasteiger partial charge in [-0.15, -0.1) is 0 Å². The van der Waals surface area contributed by atoms with E-state index in [1.165, 1.54) is 0 Å². The summed E-state index contributed by atoms with van der Waals surface area (Å²) in [4.78, 5) is 4.02. The molecule has 0 saturated carbocycles. The lowest BCUT2D eigenvalue weighted by molar-refractivity contribution is 0.341. The van der Waals surface area contributed by atoms with Crippen LogP contribution in [0.1, 0.15) is 6.92 Å². The van der Waals surface area contributed by atoms with Crippen molar-refractivity contribution in [2.45, 2.75) is 6.92 Å². The number of nitrogen functional groups attached to an aromatic ring is 1. The van der Waals surface area contributed by atoms with Crippen molar-refractivity contribution in [2.24, 2.45) is 0 Å². The van der Waals surface area contributed by atoms with Crippen LogP contribution in [0.15, 0.2) is 53.3 Å². The number of nitrogens with two attached hydrogens (primary N) is 1. The number of hydrogen-bond donors (Lipinski definition) is 1. The first kappa shape index (κ1) is 13.2. The van der Waals surface area contributed by atoms with Gasteiger partial charge in [0.2, 0.25) is 5.88 Å². The van der Waals surface area contributed by atoms with E-state index in [2.05, 4.69) is 10.1 Å². The molecule has 5 heteroatoms. The standard InChI is InChI=1S/C16H15N3O2/c1-2-20-13-6-4-3-5-12(13)15-14(16(17)21-19-15)11-7-9-18-10-8-11/h3-10H,2,17H2,1H3. The maximum Gasteiger partial charge on any atom is 0.230 e. The number of para-hydroxylation sites is 1. The third-order valence-corrected chi connectivity index (χ3v) is 3.13. The third-order valence-electron chi connectivity index (χ3n) is 3.13. The predicted molar refractivity (Wildman–Crippen MR) is 80.8 cm³/mol. The minimum atomic E-state index is 0.280. The van der Waals surface area contributed by atoms with Crippen LogP contribution in [0.4, 0.5) is 5.88 Å². The molecule has 2 N–H and O–H groups in total. The van der Waals surface area contributed by atoms with Gasteiger partial charge in [0.25, 0.3) is 0 Å². The Morgan fingerprint density at radius 2 is 1.90 bits per heavy atom. The van der Waals surface area contributed by atoms with Crippen LogP contribution >= 0.6 is 0 Å². The Bertz CT molecular complexity index is 738. The Balaban J connectivity index is 2.17. The summed E-state index contributed by atoms with van der Waals surface area (Å²) in [6, 6.07) is 11.4. The second-order valence-electron chi connectivity index (χ2n) is 4.44. The van der Waals surface area contributed by atoms with Gasteiger partial charge in [-0.1, -0.05) is 17.3 Å². The molecule has 0 spiro atoms. The first-order valence-electron chi connectivity index (χ1n) is 6.69. The molecule has 0 atom stereocenters. The minimum Gasteiger partial charge on any atom is -0.493 e. The van der Waals surface area contributed by atoms with Crippen LogP contribution in [0.5, 0.6) is 5.75 Å². The number of benzene rings is 1. The molecule has 3 rings (SSSR count). The molecule has 21 heavy (non-hydrogen) atoms. The molecule has 5 nitrogen and oxygen atoms in total. The van der Waals surface area contributed by atoms with Crippen LogP contribution in [0.3, 0.4) is 0 Å². The third kappa shape index (κ3) is 2.45. The topological polar surface area (TPSA) is 74.2 Å². The largest absolute Gasteiger partial charge is 0.493 e. The summed E-state index contributed by atoms with van der Waals surface area (Å²) >= 11 is 0. The van der Waals surface area contributed by atoms with Crippen LogP contribution in [0.2, 0.25) is 0 Å². The van der Waals surface area contributed by atoms with Gasteiger partial charge in [-0.05, 0) is 36.8 Å². The lowest BCUT2D eigenvalue weighted by atomic mass is 10.0. The van der Waals surface area contributed by atoms with Gasteiger partial charge in [0.1, 0.15) is 11.4 Å². The fourth-order valence-electron chi connectivity index (χ4n) is 2.23. The van der Waals surface area contributed by atoms with Crippen LogP contribution in [0.25, 0.3) is 22.4 Å². The van der Waals surface area contributed by atoms with Gasteiger partial charge >= 0.3 is 0 Å². The number of aromatic nitrogens is 2. The van der Waals surface area contributed by atoms with Gasteiger partial charge in [0, 0.05) is 18.0 Å². The second kappa shape index (κ2) is 5.66. The van der Waals surface area contributed by atoms with Gasteiger partial charge in [0.15, 0.2) is 0 Å². The van der Waals surface area contributed by atoms with Crippen molar-refractivity contribution in [2.75, 3.05) is 12.3 Å². The molecule has 106 valence electrons. The molecule has 0 saturated heterocycles. The number of anilines is 1. The lowest BCUT2D eigenvalue weighted by Gasteiger charge is -2.09.